The Morgan fingerprint density at radius 3 is 2.48 bits per heavy atom. The van der Waals surface area contributed by atoms with Crippen LogP contribution in [0.2, 0.25) is 5.02 Å². The van der Waals surface area contributed by atoms with Crippen molar-refractivity contribution in [2.45, 2.75) is 63.9 Å². The van der Waals surface area contributed by atoms with E-state index < -0.39 is 27.0 Å². The molecule has 1 aromatic carbocycles. The second-order valence-electron chi connectivity index (χ2n) is 7.85. The fourth-order valence-corrected chi connectivity index (χ4v) is 5.00. The van der Waals surface area contributed by atoms with E-state index in [2.05, 4.69) is 4.72 Å². The molecular weight excluding hydrogens is 388 g/mol. The van der Waals surface area contributed by atoms with E-state index in [9.17, 15) is 13.2 Å². The lowest BCUT2D eigenvalue weighted by Crippen LogP contribution is -2.47. The van der Waals surface area contributed by atoms with Crippen molar-refractivity contribution in [1.82, 2.24) is 9.62 Å². The van der Waals surface area contributed by atoms with Gasteiger partial charge in [-0.3, -0.25) is 0 Å². The first kappa shape index (κ1) is 22.0. The summed E-state index contributed by atoms with van der Waals surface area (Å²) in [5, 5.41) is 0.0558. The number of benzene rings is 1. The molecule has 1 saturated heterocycles. The van der Waals surface area contributed by atoms with Gasteiger partial charge in [-0.15, -0.1) is 0 Å². The minimum absolute atomic E-state index is 0.322. The zero-order valence-corrected chi connectivity index (χ0v) is 17.9. The van der Waals surface area contributed by atoms with E-state index >= 15 is 0 Å². The van der Waals surface area contributed by atoms with Gasteiger partial charge in [0, 0.05) is 24.2 Å². The highest BCUT2D eigenvalue weighted by Crippen LogP contribution is 2.25. The molecule has 1 fully saturated rings. The maximum Gasteiger partial charge on any atom is 0.410 e. The highest BCUT2D eigenvalue weighted by molar-refractivity contribution is 7.90. The minimum atomic E-state index is -3.51. The first-order valence-corrected chi connectivity index (χ1v) is 11.2. The predicted molar refractivity (Wildman–Crippen MR) is 107 cm³/mol. The normalized spacial score (nSPS) is 17.6. The van der Waals surface area contributed by atoms with Crippen LogP contribution in [0.3, 0.4) is 0 Å². The number of hydrogen-bond acceptors (Lipinski definition) is 4. The number of halogens is 1. The zero-order valence-electron chi connectivity index (χ0n) is 16.4. The summed E-state index contributed by atoms with van der Waals surface area (Å²) in [6.07, 6.45) is 1.01. The largest absolute Gasteiger partial charge is 0.444 e. The molecule has 1 unspecified atom stereocenters. The second-order valence-corrected chi connectivity index (χ2v) is 10.3. The Labute approximate surface area is 167 Å². The maximum absolute atomic E-state index is 12.8. The topological polar surface area (TPSA) is 75.7 Å². The second kappa shape index (κ2) is 8.80. The van der Waals surface area contributed by atoms with Gasteiger partial charge < -0.3 is 9.64 Å². The van der Waals surface area contributed by atoms with Crippen LogP contribution in [-0.4, -0.2) is 43.4 Å². The summed E-state index contributed by atoms with van der Waals surface area (Å²) in [6.45, 7) is 8.11. The van der Waals surface area contributed by atoms with Crippen molar-refractivity contribution in [2.75, 3.05) is 13.1 Å². The Morgan fingerprint density at radius 2 is 1.96 bits per heavy atom. The lowest BCUT2D eigenvalue weighted by Gasteiger charge is -2.33. The fourth-order valence-electron chi connectivity index (χ4n) is 3.08. The third-order valence-electron chi connectivity index (χ3n) is 4.50. The van der Waals surface area contributed by atoms with Gasteiger partial charge in [-0.2, -0.15) is 0 Å². The number of nitrogens with one attached hydrogen (secondary N) is 1. The molecule has 1 atom stereocenters. The summed E-state index contributed by atoms with van der Waals surface area (Å²) in [6, 6.07) is 6.90. The number of carbonyl (C=O) groups is 1. The SMILES string of the molecule is CCC(NS(=O)(=O)C1CCN(C(=O)OC(C)(C)C)CC1)c1cccc(Cl)c1. The molecule has 2 rings (SSSR count). The molecular formula is C19H29ClN2O4S. The van der Waals surface area contributed by atoms with Gasteiger partial charge in [0.25, 0.3) is 0 Å². The quantitative estimate of drug-likeness (QED) is 0.783. The van der Waals surface area contributed by atoms with Gasteiger partial charge in [0.15, 0.2) is 0 Å². The molecule has 1 amide bonds. The Morgan fingerprint density at radius 1 is 1.33 bits per heavy atom. The third-order valence-corrected chi connectivity index (χ3v) is 6.70. The van der Waals surface area contributed by atoms with Crippen molar-refractivity contribution >= 4 is 27.7 Å². The molecule has 0 aliphatic carbocycles. The van der Waals surface area contributed by atoms with E-state index in [4.69, 9.17) is 16.3 Å². The third kappa shape index (κ3) is 6.36. The van der Waals surface area contributed by atoms with Crippen molar-refractivity contribution in [3.05, 3.63) is 34.9 Å². The average molecular weight is 417 g/mol. The van der Waals surface area contributed by atoms with Gasteiger partial charge in [0.05, 0.1) is 5.25 Å². The number of ether oxygens (including phenoxy) is 1. The van der Waals surface area contributed by atoms with Gasteiger partial charge in [-0.25, -0.2) is 17.9 Å². The Hall–Kier alpha value is -1.31. The predicted octanol–water partition coefficient (Wildman–Crippen LogP) is 4.11. The van der Waals surface area contributed by atoms with Crippen LogP contribution in [0.5, 0.6) is 0 Å². The van der Waals surface area contributed by atoms with Crippen LogP contribution < -0.4 is 4.72 Å². The number of hydrogen-bond donors (Lipinski definition) is 1. The summed E-state index contributed by atoms with van der Waals surface area (Å²) >= 11 is 6.03. The van der Waals surface area contributed by atoms with E-state index in [1.807, 2.05) is 39.8 Å². The standard InChI is InChI=1S/C19H29ClN2O4S/c1-5-17(14-7-6-8-15(20)13-14)21-27(24,25)16-9-11-22(12-10-16)18(23)26-19(2,3)4/h6-8,13,16-17,21H,5,9-12H2,1-4H3. The molecule has 1 N–H and O–H groups in total. The van der Waals surface area contributed by atoms with Gasteiger partial charge >= 0.3 is 6.09 Å². The number of amides is 1. The zero-order chi connectivity index (χ0) is 20.2. The molecule has 1 aliphatic rings. The molecule has 0 aromatic heterocycles. The molecule has 27 heavy (non-hydrogen) atoms. The van der Waals surface area contributed by atoms with Crippen molar-refractivity contribution in [3.63, 3.8) is 0 Å². The van der Waals surface area contributed by atoms with Crippen LogP contribution in [-0.2, 0) is 14.8 Å². The molecule has 0 saturated carbocycles. The van der Waals surface area contributed by atoms with Gasteiger partial charge in [0.2, 0.25) is 10.0 Å². The van der Waals surface area contributed by atoms with Crippen molar-refractivity contribution in [3.8, 4) is 0 Å². The summed E-state index contributed by atoms with van der Waals surface area (Å²) in [4.78, 5) is 13.7. The molecule has 0 radical (unpaired) electrons. The van der Waals surface area contributed by atoms with Crippen LogP contribution in [0.15, 0.2) is 24.3 Å². The summed E-state index contributed by atoms with van der Waals surface area (Å²) < 4.78 is 33.9. The Bertz CT molecular complexity index is 753. The average Bonchev–Trinajstić information content (AvgIpc) is 2.58. The van der Waals surface area contributed by atoms with E-state index in [0.29, 0.717) is 37.4 Å². The lowest BCUT2D eigenvalue weighted by atomic mass is 10.1. The van der Waals surface area contributed by atoms with Crippen molar-refractivity contribution < 1.29 is 17.9 Å². The lowest BCUT2D eigenvalue weighted by molar-refractivity contribution is 0.0217. The van der Waals surface area contributed by atoms with E-state index in [0.717, 1.165) is 5.56 Å². The number of likely N-dealkylation sites (tertiary alicyclic amines) is 1. The fraction of sp³-hybridized carbons (Fsp3) is 0.632. The van der Waals surface area contributed by atoms with Gasteiger partial charge in [-0.05, 0) is 57.7 Å². The maximum atomic E-state index is 12.8. The van der Waals surface area contributed by atoms with Crippen molar-refractivity contribution in [2.24, 2.45) is 0 Å². The first-order valence-electron chi connectivity index (χ1n) is 9.26. The number of sulfonamides is 1. The minimum Gasteiger partial charge on any atom is -0.444 e. The first-order chi connectivity index (χ1) is 12.5. The van der Waals surface area contributed by atoms with E-state index in [1.54, 1.807) is 17.0 Å². The van der Waals surface area contributed by atoms with Crippen LogP contribution in [0.25, 0.3) is 0 Å². The molecule has 1 heterocycles. The van der Waals surface area contributed by atoms with E-state index in [-0.39, 0.29) is 6.04 Å². The molecule has 0 spiro atoms. The molecule has 1 aromatic rings. The number of nitrogens with zero attached hydrogens (tertiary/aromatic N) is 1. The van der Waals surface area contributed by atoms with Crippen LogP contribution in [0.4, 0.5) is 4.79 Å². The summed E-state index contributed by atoms with van der Waals surface area (Å²) in [5.41, 5.74) is 0.284. The molecule has 0 bridgehead atoms. The smallest absolute Gasteiger partial charge is 0.410 e. The number of carbonyl (C=O) groups excluding carboxylic acids is 1. The van der Waals surface area contributed by atoms with Crippen LogP contribution >= 0.6 is 11.6 Å². The summed E-state index contributed by atoms with van der Waals surface area (Å²) in [7, 11) is -3.51. The van der Waals surface area contributed by atoms with Crippen molar-refractivity contribution in [1.29, 1.82) is 0 Å². The van der Waals surface area contributed by atoms with Crippen LogP contribution in [0.1, 0.15) is 58.6 Å². The van der Waals surface area contributed by atoms with Gasteiger partial charge in [0.1, 0.15) is 5.60 Å². The molecule has 6 nitrogen and oxygen atoms in total. The Kier molecular flexibility index (Phi) is 7.16. The highest BCUT2D eigenvalue weighted by atomic mass is 35.5. The molecule has 152 valence electrons. The van der Waals surface area contributed by atoms with Gasteiger partial charge in [-0.1, -0.05) is 30.7 Å². The molecule has 8 heteroatoms. The monoisotopic (exact) mass is 416 g/mol. The number of rotatable bonds is 5. The van der Waals surface area contributed by atoms with Crippen LogP contribution in [0, 0.1) is 0 Å². The Balaban J connectivity index is 1.98. The number of piperidine rings is 1. The van der Waals surface area contributed by atoms with E-state index in [1.165, 1.54) is 0 Å². The summed E-state index contributed by atoms with van der Waals surface area (Å²) in [5.74, 6) is 0. The highest BCUT2D eigenvalue weighted by Gasteiger charge is 2.34. The molecule has 1 aliphatic heterocycles.